The number of carboxylic acids is 2. The topological polar surface area (TPSA) is 177 Å². The van der Waals surface area contributed by atoms with E-state index in [4.69, 9.17) is 9.84 Å². The Labute approximate surface area is 207 Å². The first-order valence-corrected chi connectivity index (χ1v) is 10.6. The van der Waals surface area contributed by atoms with Crippen LogP contribution in [0.3, 0.4) is 0 Å². The number of carbonyl (C=O) groups is 3. The summed E-state index contributed by atoms with van der Waals surface area (Å²) < 4.78 is 19.9. The van der Waals surface area contributed by atoms with Crippen LogP contribution in [-0.2, 0) is 32.3 Å². The zero-order chi connectivity index (χ0) is 26.9. The molecule has 1 aromatic heterocycles. The van der Waals surface area contributed by atoms with Crippen molar-refractivity contribution in [3.63, 3.8) is 0 Å². The Bertz CT molecular complexity index is 1420. The van der Waals surface area contributed by atoms with E-state index in [2.05, 4.69) is 9.98 Å². The molecule has 1 atom stereocenters. The van der Waals surface area contributed by atoms with Gasteiger partial charge in [0.15, 0.2) is 0 Å². The maximum atomic E-state index is 13.5. The number of isocyanates is 1. The van der Waals surface area contributed by atoms with Gasteiger partial charge in [0.05, 0.1) is 6.42 Å². The first kappa shape index (κ1) is 26.4. The highest BCUT2D eigenvalue weighted by atomic mass is 19.1. The third-order valence-corrected chi connectivity index (χ3v) is 4.90. The number of aromatic nitrogens is 2. The molecule has 1 heterocycles. The van der Waals surface area contributed by atoms with Crippen LogP contribution in [0.4, 0.5) is 10.2 Å². The van der Waals surface area contributed by atoms with Crippen molar-refractivity contribution in [1.29, 1.82) is 0 Å². The van der Waals surface area contributed by atoms with Crippen LogP contribution in [0.1, 0.15) is 12.0 Å². The minimum atomic E-state index is -1.77. The van der Waals surface area contributed by atoms with Crippen molar-refractivity contribution < 1.29 is 38.5 Å². The number of rotatable bonds is 11. The number of carbonyl (C=O) groups excluding carboxylic acids is 2. The largest absolute Gasteiger partial charge is 0.481 e. The normalized spacial score (nSPS) is 11.2. The molecule has 0 aliphatic heterocycles. The third kappa shape index (κ3) is 6.93. The molecular weight excluding hydrogens is 491 g/mol. The van der Waals surface area contributed by atoms with Gasteiger partial charge < -0.3 is 20.3 Å². The summed E-state index contributed by atoms with van der Waals surface area (Å²) in [5.74, 6) is -5.84. The SMILES string of the molecule is O=C=Nc1nc(-c2ccc(F)cc2)n(CC(=O)N[C@@H](CC(=O)O)C(=O)O)c(=O)c1OCc1ccccc1. The lowest BCUT2D eigenvalue weighted by molar-refractivity contribution is -0.147. The molecule has 0 spiro atoms. The van der Waals surface area contributed by atoms with Crippen molar-refractivity contribution in [2.75, 3.05) is 0 Å². The molecule has 37 heavy (non-hydrogen) atoms. The zero-order valence-electron chi connectivity index (χ0n) is 19.0. The molecule has 190 valence electrons. The molecular formula is C24H19FN4O8. The molecule has 0 bridgehead atoms. The molecule has 0 radical (unpaired) electrons. The van der Waals surface area contributed by atoms with Crippen LogP contribution in [0.25, 0.3) is 11.4 Å². The fraction of sp³-hybridized carbons (Fsp3) is 0.167. The van der Waals surface area contributed by atoms with E-state index in [-0.39, 0.29) is 18.0 Å². The highest BCUT2D eigenvalue weighted by Gasteiger charge is 2.26. The van der Waals surface area contributed by atoms with Crippen molar-refractivity contribution in [3.05, 3.63) is 76.3 Å². The van der Waals surface area contributed by atoms with Gasteiger partial charge >= 0.3 is 11.9 Å². The summed E-state index contributed by atoms with van der Waals surface area (Å²) in [6, 6.07) is 11.6. The predicted octanol–water partition coefficient (Wildman–Crippen LogP) is 1.64. The number of aliphatic carboxylic acids is 2. The maximum Gasteiger partial charge on any atom is 0.326 e. The molecule has 3 rings (SSSR count). The molecule has 0 saturated carbocycles. The monoisotopic (exact) mass is 510 g/mol. The molecule has 13 heteroatoms. The summed E-state index contributed by atoms with van der Waals surface area (Å²) in [4.78, 5) is 67.0. The number of benzene rings is 2. The number of nitrogens with zero attached hydrogens (tertiary/aromatic N) is 3. The second kappa shape index (κ2) is 12.0. The van der Waals surface area contributed by atoms with Gasteiger partial charge in [-0.05, 0) is 29.8 Å². The van der Waals surface area contributed by atoms with Crippen LogP contribution in [0, 0.1) is 5.82 Å². The highest BCUT2D eigenvalue weighted by molar-refractivity contribution is 5.87. The van der Waals surface area contributed by atoms with Gasteiger partial charge in [-0.15, -0.1) is 4.99 Å². The lowest BCUT2D eigenvalue weighted by atomic mass is 10.2. The summed E-state index contributed by atoms with van der Waals surface area (Å²) in [6.45, 7) is -0.935. The molecule has 0 aliphatic carbocycles. The Hall–Kier alpha value is -5.16. The molecule has 12 nitrogen and oxygen atoms in total. The van der Waals surface area contributed by atoms with E-state index in [1.807, 2.05) is 5.32 Å². The molecule has 0 aliphatic rings. The van der Waals surface area contributed by atoms with E-state index in [1.165, 1.54) is 18.2 Å². The van der Waals surface area contributed by atoms with Gasteiger partial charge in [0, 0.05) is 5.56 Å². The van der Waals surface area contributed by atoms with Crippen molar-refractivity contribution in [3.8, 4) is 17.1 Å². The quantitative estimate of drug-likeness (QED) is 0.255. The zero-order valence-corrected chi connectivity index (χ0v) is 19.0. The number of amides is 1. The molecule has 2 aromatic carbocycles. The summed E-state index contributed by atoms with van der Waals surface area (Å²) in [7, 11) is 0. The summed E-state index contributed by atoms with van der Waals surface area (Å²) >= 11 is 0. The lowest BCUT2D eigenvalue weighted by Crippen LogP contribution is -2.44. The van der Waals surface area contributed by atoms with Crippen LogP contribution in [-0.4, -0.2) is 49.7 Å². The van der Waals surface area contributed by atoms with E-state index < -0.39 is 59.8 Å². The molecule has 0 saturated heterocycles. The van der Waals surface area contributed by atoms with E-state index >= 15 is 0 Å². The average molecular weight is 510 g/mol. The number of halogens is 1. The van der Waals surface area contributed by atoms with Crippen molar-refractivity contribution in [1.82, 2.24) is 14.9 Å². The first-order chi connectivity index (χ1) is 17.7. The Kier molecular flexibility index (Phi) is 8.58. The van der Waals surface area contributed by atoms with Crippen LogP contribution < -0.4 is 15.6 Å². The van der Waals surface area contributed by atoms with Crippen molar-refractivity contribution in [2.45, 2.75) is 25.6 Å². The summed E-state index contributed by atoms with van der Waals surface area (Å²) in [6.07, 6.45) is 0.373. The smallest absolute Gasteiger partial charge is 0.326 e. The Morgan fingerprint density at radius 1 is 1.11 bits per heavy atom. The first-order valence-electron chi connectivity index (χ1n) is 10.6. The Morgan fingerprint density at radius 2 is 1.78 bits per heavy atom. The fourth-order valence-electron chi connectivity index (χ4n) is 3.23. The van der Waals surface area contributed by atoms with Crippen molar-refractivity contribution in [2.24, 2.45) is 4.99 Å². The van der Waals surface area contributed by atoms with Gasteiger partial charge in [-0.2, -0.15) is 0 Å². The minimum Gasteiger partial charge on any atom is -0.481 e. The van der Waals surface area contributed by atoms with Crippen molar-refractivity contribution >= 4 is 29.7 Å². The number of aliphatic imine (C=N–C) groups is 1. The fourth-order valence-corrected chi connectivity index (χ4v) is 3.23. The molecule has 3 N–H and O–H groups in total. The van der Waals surface area contributed by atoms with Gasteiger partial charge in [-0.25, -0.2) is 19.0 Å². The second-order valence-corrected chi connectivity index (χ2v) is 7.52. The standard InChI is InChI=1S/C24H19FN4O8/c25-16-8-6-15(7-9-16)22-28-21(26-13-30)20(37-12-14-4-2-1-3-5-14)23(34)29(22)11-18(31)27-17(24(35)36)10-19(32)33/h1-9,17H,10-12H2,(H,27,31)(H,32,33)(H,35,36)/t17-/m0/s1. The Balaban J connectivity index is 2.08. The van der Waals surface area contributed by atoms with Gasteiger partial charge in [0.25, 0.3) is 5.56 Å². The van der Waals surface area contributed by atoms with E-state index in [9.17, 15) is 33.5 Å². The van der Waals surface area contributed by atoms with Gasteiger partial charge in [0.1, 0.15) is 30.8 Å². The van der Waals surface area contributed by atoms with Crippen LogP contribution in [0.2, 0.25) is 0 Å². The van der Waals surface area contributed by atoms with Crippen LogP contribution in [0.15, 0.2) is 64.4 Å². The molecule has 3 aromatic rings. The van der Waals surface area contributed by atoms with Crippen LogP contribution in [0.5, 0.6) is 5.75 Å². The van der Waals surface area contributed by atoms with Gasteiger partial charge in [-0.1, -0.05) is 30.3 Å². The molecule has 0 unspecified atom stereocenters. The lowest BCUT2D eigenvalue weighted by Gasteiger charge is -2.17. The average Bonchev–Trinajstić information content (AvgIpc) is 2.86. The second-order valence-electron chi connectivity index (χ2n) is 7.52. The Morgan fingerprint density at radius 3 is 2.38 bits per heavy atom. The van der Waals surface area contributed by atoms with Gasteiger partial charge in [0.2, 0.25) is 23.6 Å². The van der Waals surface area contributed by atoms with Crippen LogP contribution >= 0.6 is 0 Å². The van der Waals surface area contributed by atoms with Gasteiger partial charge in [-0.3, -0.25) is 19.0 Å². The summed E-state index contributed by atoms with van der Waals surface area (Å²) in [5, 5.41) is 20.1. The number of carboxylic acid groups (broad SMARTS) is 2. The summed E-state index contributed by atoms with van der Waals surface area (Å²) in [5.41, 5.74) is -0.143. The number of hydrogen-bond acceptors (Lipinski definition) is 8. The highest BCUT2D eigenvalue weighted by Crippen LogP contribution is 2.26. The molecule has 0 fully saturated rings. The number of nitrogens with one attached hydrogen (secondary N) is 1. The maximum absolute atomic E-state index is 13.5. The molecule has 1 amide bonds. The number of hydrogen-bond donors (Lipinski definition) is 3. The van der Waals surface area contributed by atoms with E-state index in [0.717, 1.165) is 16.7 Å². The minimum absolute atomic E-state index is 0.124. The predicted molar refractivity (Wildman–Crippen MR) is 124 cm³/mol. The van der Waals surface area contributed by atoms with E-state index in [1.54, 1.807) is 30.3 Å². The van der Waals surface area contributed by atoms with E-state index in [0.29, 0.717) is 5.56 Å². The number of ether oxygens (including phenoxy) is 1. The third-order valence-electron chi connectivity index (χ3n) is 4.90.